The lowest BCUT2D eigenvalue weighted by Gasteiger charge is -2.02. The molecule has 2 aromatic rings. The van der Waals surface area contributed by atoms with Crippen molar-refractivity contribution in [2.75, 3.05) is 0 Å². The van der Waals surface area contributed by atoms with Crippen LogP contribution >= 0.6 is 0 Å². The highest BCUT2D eigenvalue weighted by Crippen LogP contribution is 2.16. The molecule has 0 aliphatic carbocycles. The second kappa shape index (κ2) is 3.77. The number of furan rings is 1. The van der Waals surface area contributed by atoms with Crippen LogP contribution in [0.1, 0.15) is 19.4 Å². The van der Waals surface area contributed by atoms with Gasteiger partial charge in [-0.3, -0.25) is 4.99 Å². The van der Waals surface area contributed by atoms with Gasteiger partial charge in [0.05, 0.1) is 6.26 Å². The summed E-state index contributed by atoms with van der Waals surface area (Å²) in [5.74, 6) is 0.559. The Bertz CT molecular complexity index is 497. The van der Waals surface area contributed by atoms with Crippen molar-refractivity contribution >= 4 is 16.8 Å². The van der Waals surface area contributed by atoms with Gasteiger partial charge < -0.3 is 10.2 Å². The van der Waals surface area contributed by atoms with Crippen molar-refractivity contribution in [1.82, 2.24) is 0 Å². The minimum Gasteiger partial charge on any atom is -0.464 e. The summed E-state index contributed by atoms with van der Waals surface area (Å²) in [4.78, 5) is 4.29. The van der Waals surface area contributed by atoms with Gasteiger partial charge in [0.2, 0.25) is 0 Å². The molecular formula is C12H14N2O. The van der Waals surface area contributed by atoms with E-state index in [1.165, 1.54) is 0 Å². The Morgan fingerprint density at radius 3 is 2.87 bits per heavy atom. The molecule has 1 aromatic heterocycles. The Morgan fingerprint density at radius 1 is 1.33 bits per heavy atom. The average molecular weight is 202 g/mol. The van der Waals surface area contributed by atoms with E-state index in [4.69, 9.17) is 10.2 Å². The van der Waals surface area contributed by atoms with Crippen molar-refractivity contribution in [3.63, 3.8) is 0 Å². The van der Waals surface area contributed by atoms with Gasteiger partial charge in [0.25, 0.3) is 0 Å². The van der Waals surface area contributed by atoms with Gasteiger partial charge in [0.1, 0.15) is 11.4 Å². The molecular weight excluding hydrogens is 188 g/mol. The monoisotopic (exact) mass is 202 g/mol. The van der Waals surface area contributed by atoms with Crippen LogP contribution in [0.3, 0.4) is 0 Å². The molecule has 0 radical (unpaired) electrons. The molecule has 2 rings (SSSR count). The Morgan fingerprint density at radius 2 is 2.13 bits per heavy atom. The van der Waals surface area contributed by atoms with E-state index in [0.717, 1.165) is 16.5 Å². The van der Waals surface area contributed by atoms with Gasteiger partial charge in [-0.1, -0.05) is 12.1 Å². The third kappa shape index (κ3) is 2.01. The summed E-state index contributed by atoms with van der Waals surface area (Å²) in [5, 5.41) is 1.08. The highest BCUT2D eigenvalue weighted by molar-refractivity contribution is 6.00. The zero-order valence-corrected chi connectivity index (χ0v) is 8.90. The van der Waals surface area contributed by atoms with Crippen LogP contribution in [0, 0.1) is 0 Å². The minimum absolute atomic E-state index is 0.206. The first kappa shape index (κ1) is 9.77. The van der Waals surface area contributed by atoms with Crippen LogP contribution in [0.15, 0.2) is 39.9 Å². The molecule has 15 heavy (non-hydrogen) atoms. The molecule has 3 nitrogen and oxygen atoms in total. The lowest BCUT2D eigenvalue weighted by molar-refractivity contribution is 0.616. The number of benzene rings is 1. The first-order valence-electron chi connectivity index (χ1n) is 4.98. The molecule has 0 saturated carbocycles. The molecule has 1 aromatic carbocycles. The molecule has 0 aliphatic heterocycles. The van der Waals surface area contributed by atoms with Gasteiger partial charge >= 0.3 is 0 Å². The summed E-state index contributed by atoms with van der Waals surface area (Å²) in [6, 6.07) is 7.98. The lowest BCUT2D eigenvalue weighted by atomic mass is 10.1. The number of fused-ring (bicyclic) bond motifs is 1. The molecule has 1 heterocycles. The van der Waals surface area contributed by atoms with Crippen molar-refractivity contribution in [2.24, 2.45) is 10.7 Å². The van der Waals surface area contributed by atoms with Crippen LogP contribution in [0.5, 0.6) is 0 Å². The van der Waals surface area contributed by atoms with Gasteiger partial charge in [-0.25, -0.2) is 0 Å². The SMILES string of the molecule is CC(C)N=C(N)c1ccc2ccoc2c1. The quantitative estimate of drug-likeness (QED) is 0.601. The van der Waals surface area contributed by atoms with E-state index in [9.17, 15) is 0 Å². The van der Waals surface area contributed by atoms with Gasteiger partial charge in [0, 0.05) is 17.0 Å². The zero-order valence-electron chi connectivity index (χ0n) is 8.90. The first-order valence-corrected chi connectivity index (χ1v) is 4.98. The second-order valence-corrected chi connectivity index (χ2v) is 3.78. The van der Waals surface area contributed by atoms with Gasteiger partial charge in [0.15, 0.2) is 0 Å². The minimum atomic E-state index is 0.206. The maximum Gasteiger partial charge on any atom is 0.134 e. The molecule has 0 spiro atoms. The fourth-order valence-electron chi connectivity index (χ4n) is 1.47. The van der Waals surface area contributed by atoms with Gasteiger partial charge in [-0.15, -0.1) is 0 Å². The predicted octanol–water partition coefficient (Wildman–Crippen LogP) is 2.55. The molecule has 2 N–H and O–H groups in total. The normalized spacial score (nSPS) is 12.6. The van der Waals surface area contributed by atoms with Crippen molar-refractivity contribution in [3.8, 4) is 0 Å². The number of nitrogens with zero attached hydrogens (tertiary/aromatic N) is 1. The van der Waals surface area contributed by atoms with Crippen LogP contribution in [0.25, 0.3) is 11.0 Å². The summed E-state index contributed by atoms with van der Waals surface area (Å²) < 4.78 is 5.30. The van der Waals surface area contributed by atoms with E-state index in [1.54, 1.807) is 6.26 Å². The molecule has 0 aliphatic rings. The Hall–Kier alpha value is -1.77. The van der Waals surface area contributed by atoms with E-state index in [1.807, 2.05) is 38.1 Å². The summed E-state index contributed by atoms with van der Waals surface area (Å²) in [7, 11) is 0. The van der Waals surface area contributed by atoms with E-state index in [0.29, 0.717) is 5.84 Å². The van der Waals surface area contributed by atoms with Crippen LogP contribution in [-0.4, -0.2) is 11.9 Å². The van der Waals surface area contributed by atoms with Crippen LogP contribution < -0.4 is 5.73 Å². The number of nitrogens with two attached hydrogens (primary N) is 1. The third-order valence-corrected chi connectivity index (χ3v) is 2.15. The van der Waals surface area contributed by atoms with E-state index < -0.39 is 0 Å². The summed E-state index contributed by atoms with van der Waals surface area (Å²) in [6.45, 7) is 4.00. The highest BCUT2D eigenvalue weighted by Gasteiger charge is 2.02. The first-order chi connectivity index (χ1) is 7.16. The van der Waals surface area contributed by atoms with Crippen LogP contribution in [0.4, 0.5) is 0 Å². The fourth-order valence-corrected chi connectivity index (χ4v) is 1.47. The average Bonchev–Trinajstić information content (AvgIpc) is 2.62. The smallest absolute Gasteiger partial charge is 0.134 e. The lowest BCUT2D eigenvalue weighted by Crippen LogP contribution is -2.15. The number of amidine groups is 1. The van der Waals surface area contributed by atoms with Crippen LogP contribution in [0.2, 0.25) is 0 Å². The Kier molecular flexibility index (Phi) is 2.46. The summed E-state index contributed by atoms with van der Waals surface area (Å²) >= 11 is 0. The number of rotatable bonds is 2. The summed E-state index contributed by atoms with van der Waals surface area (Å²) in [5.41, 5.74) is 7.61. The highest BCUT2D eigenvalue weighted by atomic mass is 16.3. The van der Waals surface area contributed by atoms with E-state index in [-0.39, 0.29) is 6.04 Å². The van der Waals surface area contributed by atoms with Crippen molar-refractivity contribution in [3.05, 3.63) is 36.1 Å². The summed E-state index contributed by atoms with van der Waals surface area (Å²) in [6.07, 6.45) is 1.67. The topological polar surface area (TPSA) is 51.5 Å². The van der Waals surface area contributed by atoms with Gasteiger partial charge in [-0.2, -0.15) is 0 Å². The molecule has 0 saturated heterocycles. The maximum absolute atomic E-state index is 5.86. The molecule has 0 fully saturated rings. The predicted molar refractivity (Wildman–Crippen MR) is 62.1 cm³/mol. The van der Waals surface area contributed by atoms with Crippen molar-refractivity contribution in [2.45, 2.75) is 19.9 Å². The third-order valence-electron chi connectivity index (χ3n) is 2.15. The number of aliphatic imine (C=N–C) groups is 1. The Balaban J connectivity index is 2.43. The molecule has 0 bridgehead atoms. The van der Waals surface area contributed by atoms with Crippen molar-refractivity contribution in [1.29, 1.82) is 0 Å². The van der Waals surface area contributed by atoms with E-state index >= 15 is 0 Å². The fraction of sp³-hybridized carbons (Fsp3) is 0.250. The van der Waals surface area contributed by atoms with Crippen molar-refractivity contribution < 1.29 is 4.42 Å². The number of hydrogen-bond donors (Lipinski definition) is 1. The molecule has 0 amide bonds. The molecule has 0 unspecified atom stereocenters. The second-order valence-electron chi connectivity index (χ2n) is 3.78. The standard InChI is InChI=1S/C12H14N2O/c1-8(2)14-12(13)10-4-3-9-5-6-15-11(9)7-10/h3-8H,1-2H3,(H2,13,14). The number of hydrogen-bond acceptors (Lipinski definition) is 2. The molecule has 78 valence electrons. The molecule has 3 heteroatoms. The zero-order chi connectivity index (χ0) is 10.8. The van der Waals surface area contributed by atoms with Gasteiger partial charge in [-0.05, 0) is 26.0 Å². The maximum atomic E-state index is 5.86. The Labute approximate surface area is 88.6 Å². The molecule has 0 atom stereocenters. The van der Waals surface area contributed by atoms with Crippen LogP contribution in [-0.2, 0) is 0 Å². The largest absolute Gasteiger partial charge is 0.464 e. The van der Waals surface area contributed by atoms with E-state index in [2.05, 4.69) is 4.99 Å².